The second-order valence-corrected chi connectivity index (χ2v) is 3.05. The number of aromatic nitrogens is 3. The first-order valence-electron chi connectivity index (χ1n) is 4.48. The lowest BCUT2D eigenvalue weighted by Gasteiger charge is -2.07. The van der Waals surface area contributed by atoms with Crippen LogP contribution in [-0.2, 0) is 6.54 Å². The van der Waals surface area contributed by atoms with Gasteiger partial charge in [-0.3, -0.25) is 0 Å². The van der Waals surface area contributed by atoms with E-state index in [1.54, 1.807) is 11.0 Å². The number of para-hydroxylation sites is 1. The third-order valence-electron chi connectivity index (χ3n) is 2.16. The van der Waals surface area contributed by atoms with E-state index in [9.17, 15) is 0 Å². The standard InChI is InChI=1S/C10H12N4/c1-8-12-7-13-14(8)10-5-3-2-4-9(10)6-11/h2-5,7H,6,11H2,1H3. The molecule has 0 saturated carbocycles. The summed E-state index contributed by atoms with van der Waals surface area (Å²) in [6, 6.07) is 7.92. The molecule has 0 aliphatic rings. The molecule has 2 aromatic rings. The van der Waals surface area contributed by atoms with E-state index in [0.717, 1.165) is 17.1 Å². The van der Waals surface area contributed by atoms with E-state index in [-0.39, 0.29) is 0 Å². The molecule has 2 rings (SSSR count). The van der Waals surface area contributed by atoms with Crippen molar-refractivity contribution < 1.29 is 0 Å². The Kier molecular flexibility index (Phi) is 2.28. The van der Waals surface area contributed by atoms with Crippen molar-refractivity contribution in [1.29, 1.82) is 0 Å². The van der Waals surface area contributed by atoms with Crippen LogP contribution in [0.2, 0.25) is 0 Å². The number of rotatable bonds is 2. The molecule has 0 aliphatic carbocycles. The highest BCUT2D eigenvalue weighted by atomic mass is 15.3. The van der Waals surface area contributed by atoms with Gasteiger partial charge in [-0.25, -0.2) is 9.67 Å². The predicted molar refractivity (Wildman–Crippen MR) is 54.0 cm³/mol. The van der Waals surface area contributed by atoms with E-state index in [2.05, 4.69) is 10.1 Å². The van der Waals surface area contributed by atoms with Crippen LogP contribution in [0, 0.1) is 6.92 Å². The Morgan fingerprint density at radius 2 is 2.14 bits per heavy atom. The summed E-state index contributed by atoms with van der Waals surface area (Å²) in [5, 5.41) is 4.14. The smallest absolute Gasteiger partial charge is 0.138 e. The zero-order valence-electron chi connectivity index (χ0n) is 8.01. The van der Waals surface area contributed by atoms with Gasteiger partial charge in [0.05, 0.1) is 5.69 Å². The fourth-order valence-corrected chi connectivity index (χ4v) is 1.43. The maximum atomic E-state index is 5.65. The first-order valence-corrected chi connectivity index (χ1v) is 4.48. The molecule has 1 aromatic carbocycles. The van der Waals surface area contributed by atoms with Gasteiger partial charge in [-0.1, -0.05) is 18.2 Å². The van der Waals surface area contributed by atoms with E-state index in [4.69, 9.17) is 5.73 Å². The molecule has 72 valence electrons. The monoisotopic (exact) mass is 188 g/mol. The SMILES string of the molecule is Cc1ncnn1-c1ccccc1CN. The molecular formula is C10H12N4. The number of nitrogens with zero attached hydrogens (tertiary/aromatic N) is 3. The molecule has 2 N–H and O–H groups in total. The van der Waals surface area contributed by atoms with Crippen LogP contribution in [0.3, 0.4) is 0 Å². The minimum Gasteiger partial charge on any atom is -0.326 e. The Labute approximate surface area is 82.4 Å². The van der Waals surface area contributed by atoms with E-state index in [1.165, 1.54) is 0 Å². The summed E-state index contributed by atoms with van der Waals surface area (Å²) in [7, 11) is 0. The second-order valence-electron chi connectivity index (χ2n) is 3.05. The molecule has 0 bridgehead atoms. The highest BCUT2D eigenvalue weighted by Crippen LogP contribution is 2.13. The molecular weight excluding hydrogens is 176 g/mol. The molecule has 0 radical (unpaired) electrons. The average molecular weight is 188 g/mol. The van der Waals surface area contributed by atoms with Crippen LogP contribution >= 0.6 is 0 Å². The number of aryl methyl sites for hydroxylation is 1. The summed E-state index contributed by atoms with van der Waals surface area (Å²) in [5.74, 6) is 0.867. The third-order valence-corrected chi connectivity index (χ3v) is 2.16. The summed E-state index contributed by atoms with van der Waals surface area (Å²) >= 11 is 0. The Hall–Kier alpha value is -1.68. The minimum atomic E-state index is 0.509. The number of benzene rings is 1. The average Bonchev–Trinajstić information content (AvgIpc) is 2.64. The predicted octanol–water partition coefficient (Wildman–Crippen LogP) is 1.03. The van der Waals surface area contributed by atoms with Crippen molar-refractivity contribution >= 4 is 0 Å². The van der Waals surface area contributed by atoms with Gasteiger partial charge >= 0.3 is 0 Å². The topological polar surface area (TPSA) is 56.7 Å². The minimum absolute atomic E-state index is 0.509. The van der Waals surface area contributed by atoms with Crippen LogP contribution in [0.1, 0.15) is 11.4 Å². The van der Waals surface area contributed by atoms with Gasteiger partial charge in [0.1, 0.15) is 12.2 Å². The number of hydrogen-bond donors (Lipinski definition) is 1. The Morgan fingerprint density at radius 3 is 2.79 bits per heavy atom. The first kappa shape index (κ1) is 8.90. The van der Waals surface area contributed by atoms with Gasteiger partial charge < -0.3 is 5.73 Å². The van der Waals surface area contributed by atoms with Crippen LogP contribution in [0.15, 0.2) is 30.6 Å². The normalized spacial score (nSPS) is 10.4. The highest BCUT2D eigenvalue weighted by molar-refractivity contribution is 5.40. The van der Waals surface area contributed by atoms with Crippen molar-refractivity contribution in [2.24, 2.45) is 5.73 Å². The number of hydrogen-bond acceptors (Lipinski definition) is 3. The van der Waals surface area contributed by atoms with Crippen LogP contribution in [-0.4, -0.2) is 14.8 Å². The molecule has 0 atom stereocenters. The maximum Gasteiger partial charge on any atom is 0.138 e. The third kappa shape index (κ3) is 1.40. The summed E-state index contributed by atoms with van der Waals surface area (Å²) < 4.78 is 1.79. The van der Waals surface area contributed by atoms with Crippen molar-refractivity contribution in [3.05, 3.63) is 42.0 Å². The van der Waals surface area contributed by atoms with Gasteiger partial charge in [-0.15, -0.1) is 0 Å². The van der Waals surface area contributed by atoms with Crippen LogP contribution in [0.4, 0.5) is 0 Å². The largest absolute Gasteiger partial charge is 0.326 e. The number of nitrogens with two attached hydrogens (primary N) is 1. The van der Waals surface area contributed by atoms with Crippen LogP contribution < -0.4 is 5.73 Å². The van der Waals surface area contributed by atoms with Crippen LogP contribution in [0.25, 0.3) is 5.69 Å². The summed E-state index contributed by atoms with van der Waals surface area (Å²) in [5.41, 5.74) is 7.72. The zero-order chi connectivity index (χ0) is 9.97. The van der Waals surface area contributed by atoms with E-state index in [0.29, 0.717) is 6.54 Å². The van der Waals surface area contributed by atoms with Gasteiger partial charge in [-0.2, -0.15) is 5.10 Å². The fraction of sp³-hybridized carbons (Fsp3) is 0.200. The quantitative estimate of drug-likeness (QED) is 0.766. The molecule has 14 heavy (non-hydrogen) atoms. The van der Waals surface area contributed by atoms with E-state index >= 15 is 0 Å². The maximum absolute atomic E-state index is 5.65. The van der Waals surface area contributed by atoms with Gasteiger partial charge in [0.2, 0.25) is 0 Å². The fourth-order valence-electron chi connectivity index (χ4n) is 1.43. The molecule has 0 aliphatic heterocycles. The molecule has 0 unspecified atom stereocenters. The molecule has 4 nitrogen and oxygen atoms in total. The van der Waals surface area contributed by atoms with E-state index in [1.807, 2.05) is 31.2 Å². The lowest BCUT2D eigenvalue weighted by molar-refractivity contribution is 0.823. The van der Waals surface area contributed by atoms with Gasteiger partial charge in [-0.05, 0) is 18.6 Å². The molecule has 0 spiro atoms. The van der Waals surface area contributed by atoms with Gasteiger partial charge in [0.25, 0.3) is 0 Å². The summed E-state index contributed by atoms with van der Waals surface area (Å²) in [4.78, 5) is 4.08. The molecule has 1 heterocycles. The van der Waals surface area contributed by atoms with Gasteiger partial charge in [0, 0.05) is 6.54 Å². The van der Waals surface area contributed by atoms with Crippen molar-refractivity contribution in [2.45, 2.75) is 13.5 Å². The first-order chi connectivity index (χ1) is 6.83. The molecule has 0 amide bonds. The molecule has 1 aromatic heterocycles. The lowest BCUT2D eigenvalue weighted by Crippen LogP contribution is -2.06. The lowest BCUT2D eigenvalue weighted by atomic mass is 10.2. The van der Waals surface area contributed by atoms with Gasteiger partial charge in [0.15, 0.2) is 0 Å². The summed E-state index contributed by atoms with van der Waals surface area (Å²) in [6.45, 7) is 2.43. The second kappa shape index (κ2) is 3.59. The van der Waals surface area contributed by atoms with Crippen molar-refractivity contribution in [1.82, 2.24) is 14.8 Å². The Bertz CT molecular complexity index is 433. The van der Waals surface area contributed by atoms with E-state index < -0.39 is 0 Å². The molecule has 0 saturated heterocycles. The highest BCUT2D eigenvalue weighted by Gasteiger charge is 2.05. The molecule has 4 heteroatoms. The zero-order valence-corrected chi connectivity index (χ0v) is 8.01. The van der Waals surface area contributed by atoms with Crippen LogP contribution in [0.5, 0.6) is 0 Å². The van der Waals surface area contributed by atoms with Crippen molar-refractivity contribution in [2.75, 3.05) is 0 Å². The molecule has 0 fully saturated rings. The Balaban J connectivity index is 2.56. The Morgan fingerprint density at radius 1 is 1.36 bits per heavy atom. The summed E-state index contributed by atoms with van der Waals surface area (Å²) in [6.07, 6.45) is 1.54. The van der Waals surface area contributed by atoms with Crippen molar-refractivity contribution in [3.8, 4) is 5.69 Å². The van der Waals surface area contributed by atoms with Crippen molar-refractivity contribution in [3.63, 3.8) is 0 Å².